The third-order valence-electron chi connectivity index (χ3n) is 19.9. The SMILES string of the molecule is O=C(O)CCCCCCN1C(=O)CCC[C@@H]1C=CC(O)CCc1ccccc1.O=C(O)CCCCCCN1C(=O)CCC[C@@H]1C=CC(O)COc1ccccc1.O=C(O)CCCCCCN1C(=O)CCC[C@@H]1C=CC(O)CSc1ccccc1.O=C(O)CCCCCCN1C(=O)CCC[C@@H]1C=CC(O)SCc1ccccc1. The summed E-state index contributed by atoms with van der Waals surface area (Å²) in [6.07, 6.45) is 38.7. The fourth-order valence-electron chi connectivity index (χ4n) is 13.8. The average molecular weight is 1590 g/mol. The molecule has 0 spiro atoms. The van der Waals surface area contributed by atoms with Crippen LogP contribution in [-0.2, 0) is 50.5 Å². The zero-order valence-corrected chi connectivity index (χ0v) is 67.3. The number of hydrogen-bond acceptors (Lipinski definition) is 15. The lowest BCUT2D eigenvalue weighted by atomic mass is 9.99. The quantitative estimate of drug-likeness (QED) is 0.00881. The van der Waals surface area contributed by atoms with Crippen molar-refractivity contribution in [3.8, 4) is 5.75 Å². The van der Waals surface area contributed by atoms with Gasteiger partial charge in [-0.05, 0) is 157 Å². The number of ether oxygens (including phenoxy) is 1. The molecule has 4 aliphatic rings. The maximum Gasteiger partial charge on any atom is 0.303 e. The van der Waals surface area contributed by atoms with Crippen LogP contribution in [0.5, 0.6) is 5.75 Å². The van der Waals surface area contributed by atoms with E-state index in [9.17, 15) is 58.8 Å². The van der Waals surface area contributed by atoms with E-state index in [-0.39, 0.29) is 80.1 Å². The second-order valence-electron chi connectivity index (χ2n) is 29.1. The number of carbonyl (C=O) groups is 8. The lowest BCUT2D eigenvalue weighted by Gasteiger charge is -2.34. The lowest BCUT2D eigenvalue weighted by molar-refractivity contribution is -0.138. The molecule has 4 aliphatic heterocycles. The van der Waals surface area contributed by atoms with E-state index < -0.39 is 47.6 Å². The summed E-state index contributed by atoms with van der Waals surface area (Å²) in [5.74, 6) is -0.258. The standard InChI is InChI=1S/C23H33NO4.C22H31NO5.2C22H31NO4S/c25-21(16-14-19-9-4-3-5-10-19)17-15-20-11-8-12-22(26)24(20)18-7-2-1-6-13-23(27)28;2*24-19(17-28-20-10-4-3-5-11-20)15-14-18-9-8-12-21(25)23(18)16-7-2-1-6-13-22(26)27;24-20-12-8-11-19(23(20)16-7-2-1-6-13-21(25)26)14-15-22(27)28-17-18-9-4-3-5-10-18/h3-5,9-10,15,17,20-21,25H,1-2,6-8,11-14,16,18H2,(H,27,28);2*3-5,10-11,14-15,18-19,24H,1-2,6-9,12-13,16-17H2,(H,26,27);3-5,9-10,14-15,19,22,27H,1-2,6-8,11-13,16-17H2,(H,25,26)/t20-,21?;2*18-,19?;19-,22?/m1111/s1. The fraction of sp³-hybridized carbons (Fsp3) is 0.551. The molecule has 8 N–H and O–H groups in total. The Morgan fingerprint density at radius 2 is 0.714 bits per heavy atom. The van der Waals surface area contributed by atoms with Crippen molar-refractivity contribution in [2.75, 3.05) is 38.5 Å². The summed E-state index contributed by atoms with van der Waals surface area (Å²) in [7, 11) is 0. The normalized spacial score (nSPS) is 18.5. The molecule has 616 valence electrons. The molecule has 4 aromatic rings. The summed E-state index contributed by atoms with van der Waals surface area (Å²) in [6.45, 7) is 2.97. The highest BCUT2D eigenvalue weighted by Gasteiger charge is 2.30. The van der Waals surface area contributed by atoms with Gasteiger partial charge in [-0.2, -0.15) is 0 Å². The Hall–Kier alpha value is -8.06. The average Bonchev–Trinajstić information content (AvgIpc) is 0.872. The third-order valence-corrected chi connectivity index (χ3v) is 22.0. The predicted molar refractivity (Wildman–Crippen MR) is 442 cm³/mol. The second kappa shape index (κ2) is 57.9. The number of carbonyl (C=O) groups excluding carboxylic acids is 4. The molecule has 4 heterocycles. The number of rotatable bonds is 48. The van der Waals surface area contributed by atoms with Gasteiger partial charge in [0.15, 0.2) is 0 Å². The number of aliphatic hydroxyl groups excluding tert-OH is 4. The third kappa shape index (κ3) is 42.7. The Balaban J connectivity index is 0.000000267. The first-order valence-electron chi connectivity index (χ1n) is 40.8. The Morgan fingerprint density at radius 3 is 1.09 bits per heavy atom. The Kier molecular flexibility index (Phi) is 48.9. The first-order chi connectivity index (χ1) is 54.2. The highest BCUT2D eigenvalue weighted by Crippen LogP contribution is 2.27. The number of benzene rings is 4. The zero-order valence-electron chi connectivity index (χ0n) is 65.6. The van der Waals surface area contributed by atoms with Crippen LogP contribution in [0.2, 0.25) is 0 Å². The number of likely N-dealkylation sites (tertiary alicyclic amines) is 4. The molecule has 8 atom stereocenters. The lowest BCUT2D eigenvalue weighted by Crippen LogP contribution is -2.43. The van der Waals surface area contributed by atoms with Gasteiger partial charge in [0.25, 0.3) is 0 Å². The van der Waals surface area contributed by atoms with Crippen LogP contribution in [0, 0.1) is 0 Å². The number of carboxylic acids is 4. The Bertz CT molecular complexity index is 2980. The van der Waals surface area contributed by atoms with Crippen LogP contribution in [0.1, 0.15) is 223 Å². The van der Waals surface area contributed by atoms with Gasteiger partial charge in [-0.1, -0.05) is 191 Å². The number of hydrogen-bond donors (Lipinski definition) is 8. The predicted octanol–water partition coefficient (Wildman–Crippen LogP) is 15.7. The van der Waals surface area contributed by atoms with Gasteiger partial charge in [0.1, 0.15) is 23.9 Å². The molecular weight excluding hydrogens is 1460 g/mol. The molecule has 0 bridgehead atoms. The van der Waals surface area contributed by atoms with Crippen molar-refractivity contribution in [2.45, 2.75) is 277 Å². The number of para-hydroxylation sites is 1. The number of unbranched alkanes of at least 4 members (excludes halogenated alkanes) is 12. The highest BCUT2D eigenvalue weighted by molar-refractivity contribution is 7.99. The second-order valence-corrected chi connectivity index (χ2v) is 31.3. The molecule has 4 unspecified atom stereocenters. The van der Waals surface area contributed by atoms with Crippen LogP contribution < -0.4 is 4.74 Å². The van der Waals surface area contributed by atoms with Crippen molar-refractivity contribution < 1.29 is 83.9 Å². The number of aryl methyl sites for hydroxylation is 1. The maximum absolute atomic E-state index is 12.3. The molecule has 23 heteroatoms. The van der Waals surface area contributed by atoms with Crippen LogP contribution in [0.3, 0.4) is 0 Å². The van der Waals surface area contributed by atoms with Crippen molar-refractivity contribution in [1.82, 2.24) is 19.6 Å². The van der Waals surface area contributed by atoms with Crippen molar-refractivity contribution in [3.05, 3.63) is 181 Å². The largest absolute Gasteiger partial charge is 0.491 e. The number of aliphatic hydroxyl groups is 4. The van der Waals surface area contributed by atoms with Crippen molar-refractivity contribution in [1.29, 1.82) is 0 Å². The maximum atomic E-state index is 12.3. The number of carboxylic acid groups (broad SMARTS) is 4. The fourth-order valence-corrected chi connectivity index (χ4v) is 15.3. The molecule has 4 aromatic carbocycles. The molecule has 0 aromatic heterocycles. The molecule has 112 heavy (non-hydrogen) atoms. The summed E-state index contributed by atoms with van der Waals surface area (Å²) in [6, 6.07) is 39.7. The molecule has 4 fully saturated rings. The summed E-state index contributed by atoms with van der Waals surface area (Å²) in [5, 5.41) is 75.6. The number of piperidine rings is 4. The number of aliphatic carboxylic acids is 4. The molecule has 8 rings (SSSR count). The summed E-state index contributed by atoms with van der Waals surface area (Å²) in [5.41, 5.74) is 1.81. The van der Waals surface area contributed by atoms with Crippen LogP contribution >= 0.6 is 23.5 Å². The Labute approximate surface area is 673 Å². The van der Waals surface area contributed by atoms with E-state index >= 15 is 0 Å². The van der Waals surface area contributed by atoms with Gasteiger partial charge in [-0.25, -0.2) is 0 Å². The molecule has 21 nitrogen and oxygen atoms in total. The first kappa shape index (κ1) is 94.5. The number of thioether (sulfide) groups is 2. The van der Waals surface area contributed by atoms with Crippen LogP contribution in [0.4, 0.5) is 0 Å². The monoisotopic (exact) mass is 1590 g/mol. The van der Waals surface area contributed by atoms with Gasteiger partial charge >= 0.3 is 23.9 Å². The molecule has 0 aliphatic carbocycles. The van der Waals surface area contributed by atoms with Crippen LogP contribution in [-0.4, -0.2) is 194 Å². The van der Waals surface area contributed by atoms with Gasteiger partial charge in [0.05, 0.1) is 36.4 Å². The molecule has 4 saturated heterocycles. The van der Waals surface area contributed by atoms with Gasteiger partial charge in [0.2, 0.25) is 23.6 Å². The number of nitrogens with zero attached hydrogens (tertiary/aromatic N) is 4. The van der Waals surface area contributed by atoms with Gasteiger partial charge in [0, 0.05) is 93.9 Å². The van der Waals surface area contributed by atoms with Gasteiger partial charge in [-0.3, -0.25) is 38.4 Å². The molecular formula is C89H126N4O17S2. The van der Waals surface area contributed by atoms with Crippen LogP contribution in [0.25, 0.3) is 0 Å². The first-order valence-corrected chi connectivity index (χ1v) is 42.8. The molecule has 0 saturated carbocycles. The minimum Gasteiger partial charge on any atom is -0.491 e. The minimum atomic E-state index is -0.758. The topological polar surface area (TPSA) is 321 Å². The zero-order chi connectivity index (χ0) is 80.8. The smallest absolute Gasteiger partial charge is 0.303 e. The summed E-state index contributed by atoms with van der Waals surface area (Å²) < 4.78 is 5.55. The van der Waals surface area contributed by atoms with Gasteiger partial charge in [-0.15, -0.1) is 23.5 Å². The van der Waals surface area contributed by atoms with Crippen molar-refractivity contribution in [2.24, 2.45) is 0 Å². The van der Waals surface area contributed by atoms with E-state index in [1.807, 2.05) is 165 Å². The van der Waals surface area contributed by atoms with Crippen molar-refractivity contribution >= 4 is 71.0 Å². The summed E-state index contributed by atoms with van der Waals surface area (Å²) in [4.78, 5) is 100. The van der Waals surface area contributed by atoms with E-state index in [0.29, 0.717) is 95.5 Å². The minimum absolute atomic E-state index is 0.00615. The van der Waals surface area contributed by atoms with Crippen molar-refractivity contribution in [3.63, 3.8) is 0 Å². The molecule has 4 amide bonds. The molecule has 0 radical (unpaired) electrons. The Morgan fingerprint density at radius 1 is 0.393 bits per heavy atom. The van der Waals surface area contributed by atoms with E-state index in [2.05, 4.69) is 12.1 Å². The highest BCUT2D eigenvalue weighted by atomic mass is 32.2. The van der Waals surface area contributed by atoms with E-state index in [0.717, 1.165) is 145 Å². The van der Waals surface area contributed by atoms with Gasteiger partial charge < -0.3 is 65.2 Å². The number of amides is 4. The van der Waals surface area contributed by atoms with E-state index in [1.54, 1.807) is 23.9 Å². The summed E-state index contributed by atoms with van der Waals surface area (Å²) >= 11 is 3.08. The van der Waals surface area contributed by atoms with Crippen LogP contribution in [0.15, 0.2) is 175 Å². The van der Waals surface area contributed by atoms with E-state index in [1.165, 1.54) is 22.9 Å². The van der Waals surface area contributed by atoms with E-state index in [4.69, 9.17) is 25.2 Å².